The Morgan fingerprint density at radius 1 is 1.46 bits per heavy atom. The summed E-state index contributed by atoms with van der Waals surface area (Å²) in [4.78, 5) is 20.1. The molecular formula is C15H22ClF3N4O. The van der Waals surface area contributed by atoms with Gasteiger partial charge >= 0.3 is 6.18 Å². The predicted octanol–water partition coefficient (Wildman–Crippen LogP) is 2.58. The van der Waals surface area contributed by atoms with E-state index in [9.17, 15) is 18.0 Å². The molecule has 1 aromatic heterocycles. The number of carbonyl (C=O) groups is 1. The maximum Gasteiger partial charge on any atom is 0.406 e. The lowest BCUT2D eigenvalue weighted by Crippen LogP contribution is -2.47. The molecule has 24 heavy (non-hydrogen) atoms. The Bertz CT molecular complexity index is 574. The van der Waals surface area contributed by atoms with Crippen LogP contribution in [-0.4, -0.2) is 64.7 Å². The van der Waals surface area contributed by atoms with E-state index in [1.807, 2.05) is 14.1 Å². The Morgan fingerprint density at radius 2 is 2.17 bits per heavy atom. The van der Waals surface area contributed by atoms with Crippen LogP contribution in [-0.2, 0) is 17.8 Å². The van der Waals surface area contributed by atoms with E-state index in [0.29, 0.717) is 19.1 Å². The molecule has 5 nitrogen and oxygen atoms in total. The normalized spacial score (nSPS) is 19.1. The zero-order valence-electron chi connectivity index (χ0n) is 13.8. The molecule has 0 aliphatic carbocycles. The highest BCUT2D eigenvalue weighted by Gasteiger charge is 2.30. The van der Waals surface area contributed by atoms with E-state index in [1.165, 1.54) is 6.20 Å². The summed E-state index contributed by atoms with van der Waals surface area (Å²) in [5.74, 6) is 0.131. The Labute approximate surface area is 144 Å². The van der Waals surface area contributed by atoms with Crippen LogP contribution >= 0.6 is 11.6 Å². The highest BCUT2D eigenvalue weighted by molar-refractivity contribution is 6.29. The SMILES string of the molecule is CN(C)[C@H]1CCCN(C(=O)CCc2ncc(Cl)n2CC(F)(F)F)C1. The lowest BCUT2D eigenvalue weighted by molar-refractivity contribution is -0.141. The number of hydrogen-bond acceptors (Lipinski definition) is 3. The van der Waals surface area contributed by atoms with Gasteiger partial charge in [0.2, 0.25) is 5.91 Å². The second-order valence-corrected chi connectivity index (χ2v) is 6.69. The third-order valence-corrected chi connectivity index (χ3v) is 4.57. The summed E-state index contributed by atoms with van der Waals surface area (Å²) in [6.45, 7) is 0.159. The number of nitrogens with zero attached hydrogens (tertiary/aromatic N) is 4. The van der Waals surface area contributed by atoms with Gasteiger partial charge in [-0.25, -0.2) is 4.98 Å². The summed E-state index contributed by atoms with van der Waals surface area (Å²) in [7, 11) is 3.96. The van der Waals surface area contributed by atoms with Crippen molar-refractivity contribution < 1.29 is 18.0 Å². The van der Waals surface area contributed by atoms with E-state index in [2.05, 4.69) is 9.88 Å². The first-order chi connectivity index (χ1) is 11.2. The van der Waals surface area contributed by atoms with E-state index in [4.69, 9.17) is 11.6 Å². The van der Waals surface area contributed by atoms with Gasteiger partial charge in [0.25, 0.3) is 0 Å². The topological polar surface area (TPSA) is 41.4 Å². The molecule has 9 heteroatoms. The minimum atomic E-state index is -4.38. The molecule has 0 radical (unpaired) electrons. The first-order valence-corrected chi connectivity index (χ1v) is 8.26. The van der Waals surface area contributed by atoms with Crippen LogP contribution < -0.4 is 0 Å². The number of imidazole rings is 1. The molecule has 136 valence electrons. The number of halogens is 4. The molecule has 0 spiro atoms. The van der Waals surface area contributed by atoms with Crippen LogP contribution in [0.2, 0.25) is 5.15 Å². The van der Waals surface area contributed by atoms with Crippen molar-refractivity contribution >= 4 is 17.5 Å². The van der Waals surface area contributed by atoms with Crippen molar-refractivity contribution in [3.63, 3.8) is 0 Å². The predicted molar refractivity (Wildman–Crippen MR) is 84.9 cm³/mol. The smallest absolute Gasteiger partial charge is 0.341 e. The molecule has 2 heterocycles. The monoisotopic (exact) mass is 366 g/mol. The van der Waals surface area contributed by atoms with Crippen LogP contribution in [0.5, 0.6) is 0 Å². The van der Waals surface area contributed by atoms with Gasteiger partial charge in [-0.3, -0.25) is 4.79 Å². The molecule has 0 unspecified atom stereocenters. The summed E-state index contributed by atoms with van der Waals surface area (Å²) in [6.07, 6.45) is -0.938. The van der Waals surface area contributed by atoms with Crippen molar-refractivity contribution in [3.05, 3.63) is 17.2 Å². The number of alkyl halides is 3. The van der Waals surface area contributed by atoms with Gasteiger partial charge in [-0.2, -0.15) is 13.2 Å². The van der Waals surface area contributed by atoms with Crippen molar-refractivity contribution in [2.75, 3.05) is 27.2 Å². The molecule has 1 aromatic rings. The maximum absolute atomic E-state index is 12.6. The average Bonchev–Trinajstić information content (AvgIpc) is 2.84. The molecule has 0 saturated carbocycles. The van der Waals surface area contributed by atoms with Crippen molar-refractivity contribution in [2.45, 2.75) is 44.4 Å². The van der Waals surface area contributed by atoms with E-state index < -0.39 is 12.7 Å². The summed E-state index contributed by atoms with van der Waals surface area (Å²) in [6, 6.07) is 0.323. The fourth-order valence-corrected chi connectivity index (χ4v) is 3.12. The standard InChI is InChI=1S/C15H22ClF3N4O/c1-21(2)11-4-3-7-22(9-11)14(24)6-5-13-20-8-12(16)23(13)10-15(17,18)19/h8,11H,3-7,9-10H2,1-2H3/t11-/m0/s1. The number of carbonyl (C=O) groups excluding carboxylic acids is 1. The van der Waals surface area contributed by atoms with Gasteiger partial charge in [0, 0.05) is 32.0 Å². The second-order valence-electron chi connectivity index (χ2n) is 6.30. The van der Waals surface area contributed by atoms with Crippen LogP contribution in [0, 0.1) is 0 Å². The van der Waals surface area contributed by atoms with Crippen LogP contribution in [0.1, 0.15) is 25.1 Å². The summed E-state index contributed by atoms with van der Waals surface area (Å²) in [5.41, 5.74) is 0. The Kier molecular flexibility index (Phi) is 6.14. The Morgan fingerprint density at radius 3 is 2.79 bits per heavy atom. The molecule has 1 aliphatic rings. The molecule has 0 bridgehead atoms. The Balaban J connectivity index is 1.95. The van der Waals surface area contributed by atoms with Crippen LogP contribution in [0.3, 0.4) is 0 Å². The van der Waals surface area contributed by atoms with Crippen LogP contribution in [0.15, 0.2) is 6.20 Å². The van der Waals surface area contributed by atoms with Crippen molar-refractivity contribution in [3.8, 4) is 0 Å². The average molecular weight is 367 g/mol. The number of likely N-dealkylation sites (tertiary alicyclic amines) is 1. The minimum Gasteiger partial charge on any atom is -0.341 e. The van der Waals surface area contributed by atoms with Gasteiger partial charge in [0.15, 0.2) is 0 Å². The highest BCUT2D eigenvalue weighted by Crippen LogP contribution is 2.23. The van der Waals surface area contributed by atoms with Gasteiger partial charge < -0.3 is 14.4 Å². The third-order valence-electron chi connectivity index (χ3n) is 4.27. The van der Waals surface area contributed by atoms with Crippen LogP contribution in [0.25, 0.3) is 0 Å². The van der Waals surface area contributed by atoms with Gasteiger partial charge in [0.05, 0.1) is 6.20 Å². The number of likely N-dealkylation sites (N-methyl/N-ethyl adjacent to an activating group) is 1. The van der Waals surface area contributed by atoms with Gasteiger partial charge in [0.1, 0.15) is 17.5 Å². The quantitative estimate of drug-likeness (QED) is 0.804. The summed E-state index contributed by atoms with van der Waals surface area (Å²) in [5, 5.41) is -0.0691. The van der Waals surface area contributed by atoms with Crippen molar-refractivity contribution in [2.24, 2.45) is 0 Å². The van der Waals surface area contributed by atoms with Gasteiger partial charge in [-0.15, -0.1) is 0 Å². The number of piperidine rings is 1. The van der Waals surface area contributed by atoms with Crippen molar-refractivity contribution in [1.29, 1.82) is 0 Å². The zero-order chi connectivity index (χ0) is 17.9. The number of amides is 1. The largest absolute Gasteiger partial charge is 0.406 e. The fourth-order valence-electron chi connectivity index (χ4n) is 2.92. The lowest BCUT2D eigenvalue weighted by Gasteiger charge is -2.36. The van der Waals surface area contributed by atoms with Crippen molar-refractivity contribution in [1.82, 2.24) is 19.4 Å². The number of hydrogen-bond donors (Lipinski definition) is 0. The highest BCUT2D eigenvalue weighted by atomic mass is 35.5. The summed E-state index contributed by atoms with van der Waals surface area (Å²) < 4.78 is 38.7. The van der Waals surface area contributed by atoms with E-state index in [-0.39, 0.29) is 29.7 Å². The zero-order valence-corrected chi connectivity index (χ0v) is 14.6. The third kappa shape index (κ3) is 5.11. The molecule has 1 aliphatic heterocycles. The minimum absolute atomic E-state index is 0.0563. The van der Waals surface area contributed by atoms with E-state index in [0.717, 1.165) is 17.4 Å². The van der Waals surface area contributed by atoms with Crippen LogP contribution in [0.4, 0.5) is 13.2 Å². The molecule has 0 N–H and O–H groups in total. The first-order valence-electron chi connectivity index (χ1n) is 7.88. The molecule has 1 saturated heterocycles. The Hall–Kier alpha value is -1.28. The molecule has 1 atom stereocenters. The molecule has 1 fully saturated rings. The molecular weight excluding hydrogens is 345 g/mol. The van der Waals surface area contributed by atoms with E-state index in [1.54, 1.807) is 4.90 Å². The molecule has 0 aromatic carbocycles. The summed E-state index contributed by atoms with van der Waals surface area (Å²) >= 11 is 5.77. The second kappa shape index (κ2) is 7.74. The van der Waals surface area contributed by atoms with Gasteiger partial charge in [-0.1, -0.05) is 11.6 Å². The molecule has 1 amide bonds. The fraction of sp³-hybridized carbons (Fsp3) is 0.733. The maximum atomic E-state index is 12.6. The van der Waals surface area contributed by atoms with Gasteiger partial charge in [-0.05, 0) is 26.9 Å². The van der Waals surface area contributed by atoms with E-state index >= 15 is 0 Å². The number of aromatic nitrogens is 2. The first kappa shape index (κ1) is 19.1. The molecule has 2 rings (SSSR count). The number of rotatable bonds is 5. The number of aryl methyl sites for hydroxylation is 1. The lowest BCUT2D eigenvalue weighted by atomic mass is 10.0.